The molecule has 7 heteroatoms. The molecule has 24 heavy (non-hydrogen) atoms. The average Bonchev–Trinajstić information content (AvgIpc) is 2.54. The number of hydrogen-bond donors (Lipinski definition) is 0. The number of ketones is 1. The molecule has 0 bridgehead atoms. The van der Waals surface area contributed by atoms with Crippen molar-refractivity contribution < 1.29 is 47.1 Å². The Bertz CT molecular complexity index is 478. The molecule has 0 aliphatic carbocycles. The summed E-state index contributed by atoms with van der Waals surface area (Å²) >= 11 is 0. The van der Waals surface area contributed by atoms with Crippen LogP contribution >= 0.6 is 0 Å². The predicted molar refractivity (Wildman–Crippen MR) is 87.6 cm³/mol. The molecule has 1 radical (unpaired) electrons. The van der Waals surface area contributed by atoms with E-state index >= 15 is 0 Å². The summed E-state index contributed by atoms with van der Waals surface area (Å²) < 4.78 is 13.9. The minimum absolute atomic E-state index is 0. The van der Waals surface area contributed by atoms with Gasteiger partial charge in [0, 0.05) is 37.6 Å². The van der Waals surface area contributed by atoms with Gasteiger partial charge < -0.3 is 14.2 Å². The van der Waals surface area contributed by atoms with Gasteiger partial charge >= 0.3 is 11.9 Å². The Morgan fingerprint density at radius 3 is 1.79 bits per heavy atom. The second-order valence-electron chi connectivity index (χ2n) is 4.19. The molecule has 0 amide bonds. The van der Waals surface area contributed by atoms with Crippen LogP contribution in [0.5, 0.6) is 0 Å². The minimum atomic E-state index is -0.410. The van der Waals surface area contributed by atoms with Crippen LogP contribution in [0.1, 0.15) is 48.4 Å². The van der Waals surface area contributed by atoms with Crippen LogP contribution in [-0.2, 0) is 37.6 Å². The van der Waals surface area contributed by atoms with Crippen LogP contribution in [-0.4, -0.2) is 45.2 Å². The Morgan fingerprint density at radius 1 is 0.958 bits per heavy atom. The summed E-state index contributed by atoms with van der Waals surface area (Å²) in [4.78, 5) is 32.4. The Kier molecular flexibility index (Phi) is 18.4. The monoisotopic (exact) mass is 377 g/mol. The number of esters is 2. The van der Waals surface area contributed by atoms with Gasteiger partial charge in [0.2, 0.25) is 0 Å². The smallest absolute Gasteiger partial charge is 0.338 e. The Balaban J connectivity index is -0.000000478. The fourth-order valence-corrected chi connectivity index (χ4v) is 1.29. The number of hydrogen-bond acceptors (Lipinski definition) is 6. The first-order valence-corrected chi connectivity index (χ1v) is 6.80. The first-order chi connectivity index (χ1) is 10.5. The molecule has 0 aromatic heterocycles. The van der Waals surface area contributed by atoms with Crippen molar-refractivity contribution in [2.24, 2.45) is 0 Å². The van der Waals surface area contributed by atoms with Crippen LogP contribution < -0.4 is 0 Å². The van der Waals surface area contributed by atoms with E-state index in [1.807, 2.05) is 0 Å². The quantitative estimate of drug-likeness (QED) is 0.431. The van der Waals surface area contributed by atoms with Gasteiger partial charge in [-0.3, -0.25) is 9.59 Å². The summed E-state index contributed by atoms with van der Waals surface area (Å²) in [5.41, 5.74) is 1.01. The van der Waals surface area contributed by atoms with E-state index in [0.717, 1.165) is 0 Å². The number of Topliss-reactive ketones (excluding diaryl/α,β-unsaturated/α-hetero) is 1. The first-order valence-electron chi connectivity index (χ1n) is 6.80. The van der Waals surface area contributed by atoms with Crippen molar-refractivity contribution in [3.63, 3.8) is 0 Å². The van der Waals surface area contributed by atoms with Crippen molar-refractivity contribution in [1.29, 1.82) is 0 Å². The van der Waals surface area contributed by atoms with Crippen LogP contribution in [0.2, 0.25) is 0 Å². The zero-order chi connectivity index (χ0) is 17.0. The van der Waals surface area contributed by atoms with E-state index in [4.69, 9.17) is 9.47 Å². The van der Waals surface area contributed by atoms with E-state index in [9.17, 15) is 14.4 Å². The fraction of sp³-hybridized carbons (Fsp3) is 0.471. The zero-order valence-electron chi connectivity index (χ0n) is 13.8. The van der Waals surface area contributed by atoms with Crippen molar-refractivity contribution in [1.82, 2.24) is 0 Å². The maximum Gasteiger partial charge on any atom is 0.338 e. The number of carbonyl (C=O) groups excluding carboxylic acids is 3. The van der Waals surface area contributed by atoms with Gasteiger partial charge in [-0.1, -0.05) is 26.5 Å². The summed E-state index contributed by atoms with van der Waals surface area (Å²) in [6.07, 6.45) is 0.469. The average molecular weight is 377 g/mol. The molecule has 0 saturated carbocycles. The number of carbonyl (C=O) groups is 3. The molecule has 1 aromatic carbocycles. The van der Waals surface area contributed by atoms with Gasteiger partial charge in [-0.25, -0.2) is 4.79 Å². The van der Waals surface area contributed by atoms with E-state index in [1.165, 1.54) is 21.1 Å². The van der Waals surface area contributed by atoms with Gasteiger partial charge in [-0.05, 0) is 19.1 Å². The Morgan fingerprint density at radius 2 is 1.46 bits per heavy atom. The van der Waals surface area contributed by atoms with Crippen LogP contribution in [0.15, 0.2) is 24.3 Å². The minimum Gasteiger partial charge on any atom is -0.469 e. The standard InChI is InChI=1S/C12H14O4.C4H8O2.CH4.V/c1-9(13)10-3-5-11(6-4-10)12(14)16-8-7-15-2;1-3-4(5)6-2;;/h3-6H,7-8H2,1-2H3;3H2,1-2H3;1H4;. The molecule has 1 aromatic rings. The third-order valence-corrected chi connectivity index (χ3v) is 2.56. The molecule has 0 heterocycles. The van der Waals surface area contributed by atoms with Gasteiger partial charge in [0.25, 0.3) is 0 Å². The summed E-state index contributed by atoms with van der Waals surface area (Å²) in [5.74, 6) is -0.596. The second kappa shape index (κ2) is 16.2. The van der Waals surface area contributed by atoms with E-state index in [0.29, 0.717) is 24.2 Å². The predicted octanol–water partition coefficient (Wildman–Crippen LogP) is 2.90. The topological polar surface area (TPSA) is 78.9 Å². The fourth-order valence-electron chi connectivity index (χ4n) is 1.29. The molecular formula is C17H26O6V. The van der Waals surface area contributed by atoms with Gasteiger partial charge in [-0.2, -0.15) is 0 Å². The van der Waals surface area contributed by atoms with Gasteiger partial charge in [0.1, 0.15) is 6.61 Å². The van der Waals surface area contributed by atoms with Crippen LogP contribution in [0.4, 0.5) is 0 Å². The maximum absolute atomic E-state index is 11.4. The third-order valence-electron chi connectivity index (χ3n) is 2.56. The Hall–Kier alpha value is -1.63. The molecule has 6 nitrogen and oxygen atoms in total. The molecule has 0 N–H and O–H groups in total. The first kappa shape index (κ1) is 27.2. The third kappa shape index (κ3) is 11.9. The van der Waals surface area contributed by atoms with Crippen LogP contribution in [0.25, 0.3) is 0 Å². The largest absolute Gasteiger partial charge is 0.469 e. The number of ether oxygens (including phenoxy) is 3. The van der Waals surface area contributed by atoms with Gasteiger partial charge in [0.15, 0.2) is 5.78 Å². The summed E-state index contributed by atoms with van der Waals surface area (Å²) in [5, 5.41) is 0. The van der Waals surface area contributed by atoms with E-state index in [2.05, 4.69) is 4.74 Å². The molecular weight excluding hydrogens is 351 g/mol. The van der Waals surface area contributed by atoms with E-state index in [1.54, 1.807) is 31.2 Å². The molecule has 0 unspecified atom stereocenters. The van der Waals surface area contributed by atoms with Crippen LogP contribution in [0, 0.1) is 0 Å². The zero-order valence-corrected chi connectivity index (χ0v) is 15.2. The summed E-state index contributed by atoms with van der Waals surface area (Å²) in [6.45, 7) is 3.83. The molecule has 1 rings (SSSR count). The second-order valence-corrected chi connectivity index (χ2v) is 4.19. The molecule has 0 aliphatic heterocycles. The van der Waals surface area contributed by atoms with Crippen molar-refractivity contribution in [2.45, 2.75) is 27.7 Å². The molecule has 135 valence electrons. The number of methoxy groups -OCH3 is 2. The maximum atomic E-state index is 11.4. The Labute approximate surface area is 155 Å². The summed E-state index contributed by atoms with van der Waals surface area (Å²) in [6, 6.07) is 6.36. The van der Waals surface area contributed by atoms with Crippen molar-refractivity contribution in [2.75, 3.05) is 27.4 Å². The summed E-state index contributed by atoms with van der Waals surface area (Å²) in [7, 11) is 2.92. The number of rotatable bonds is 6. The molecule has 0 atom stereocenters. The van der Waals surface area contributed by atoms with Crippen molar-refractivity contribution >= 4 is 17.7 Å². The van der Waals surface area contributed by atoms with Crippen molar-refractivity contribution in [3.8, 4) is 0 Å². The molecule has 0 aliphatic rings. The molecule has 0 spiro atoms. The SMILES string of the molecule is C.CCC(=O)OC.COCCOC(=O)c1ccc(C(C)=O)cc1.[V]. The normalized spacial score (nSPS) is 8.50. The van der Waals surface area contributed by atoms with Gasteiger partial charge in [0.05, 0.1) is 19.3 Å². The van der Waals surface area contributed by atoms with Gasteiger partial charge in [-0.15, -0.1) is 0 Å². The molecule has 0 saturated heterocycles. The molecule has 0 fully saturated rings. The van der Waals surface area contributed by atoms with E-state index < -0.39 is 5.97 Å². The van der Waals surface area contributed by atoms with Crippen LogP contribution in [0.3, 0.4) is 0 Å². The van der Waals surface area contributed by atoms with Crippen molar-refractivity contribution in [3.05, 3.63) is 35.4 Å². The number of benzene rings is 1. The van der Waals surface area contributed by atoms with E-state index in [-0.39, 0.29) is 44.3 Å².